The molecule has 0 aromatic heterocycles. The number of rotatable bonds is 9. The molecule has 1 aliphatic heterocycles. The lowest BCUT2D eigenvalue weighted by atomic mass is 10.2. The van der Waals surface area contributed by atoms with Crippen LogP contribution in [0, 0.1) is 0 Å². The number of nitrogens with one attached hydrogen (secondary N) is 3. The third-order valence-electron chi connectivity index (χ3n) is 4.70. The first-order valence-electron chi connectivity index (χ1n) is 9.99. The van der Waals surface area contributed by atoms with Gasteiger partial charge in [0, 0.05) is 11.6 Å². The molecule has 3 N–H and O–H groups in total. The Labute approximate surface area is 196 Å². The lowest BCUT2D eigenvalue weighted by Crippen LogP contribution is -2.52. The molecule has 3 rings (SSSR count). The molecular formula is C21H25N3O7S2. The third-order valence-corrected chi connectivity index (χ3v) is 6.81. The van der Waals surface area contributed by atoms with Crippen LogP contribution in [-0.2, 0) is 14.8 Å². The summed E-state index contributed by atoms with van der Waals surface area (Å²) >= 11 is 1.46. The van der Waals surface area contributed by atoms with Crippen LogP contribution in [0.5, 0.6) is 17.2 Å². The maximum atomic E-state index is 12.9. The molecule has 0 aliphatic carbocycles. The van der Waals surface area contributed by atoms with Crippen molar-refractivity contribution >= 4 is 33.6 Å². The molecule has 2 aromatic carbocycles. The number of hydrogen-bond acceptors (Lipinski definition) is 8. The molecule has 0 radical (unpaired) electrons. The van der Waals surface area contributed by atoms with Gasteiger partial charge in [-0.25, -0.2) is 8.42 Å². The Balaban J connectivity index is 1.67. The van der Waals surface area contributed by atoms with Crippen molar-refractivity contribution < 1.29 is 32.2 Å². The van der Waals surface area contributed by atoms with Crippen LogP contribution in [0.3, 0.4) is 0 Å². The molecule has 2 amide bonds. The zero-order chi connectivity index (χ0) is 23.8. The molecule has 1 heterocycles. The van der Waals surface area contributed by atoms with Crippen LogP contribution in [0.25, 0.3) is 0 Å². The first-order valence-corrected chi connectivity index (χ1v) is 12.9. The predicted octanol–water partition coefficient (Wildman–Crippen LogP) is 1.33. The minimum absolute atomic E-state index is 0.0593. The average Bonchev–Trinajstić information content (AvgIpc) is 2.84. The standard InChI is InChI=1S/C21H25N3O7S2/c1-29-15-5-3-14(4-6-15)20(25)22-23-21(26)17(9-12-32-2)24-33(27,28)16-7-8-18-19(13-16)31-11-10-30-18/h3-8,13,17,24H,9-12H2,1-2H3,(H,22,25)(H,23,26). The summed E-state index contributed by atoms with van der Waals surface area (Å²) in [4.78, 5) is 24.9. The maximum absolute atomic E-state index is 12.9. The summed E-state index contributed by atoms with van der Waals surface area (Å²) in [5.74, 6) is 0.644. The second kappa shape index (κ2) is 11.3. The summed E-state index contributed by atoms with van der Waals surface area (Å²) in [7, 11) is -2.54. The molecule has 0 saturated carbocycles. The minimum Gasteiger partial charge on any atom is -0.497 e. The smallest absolute Gasteiger partial charge is 0.269 e. The molecule has 0 fully saturated rings. The maximum Gasteiger partial charge on any atom is 0.269 e. The van der Waals surface area contributed by atoms with E-state index in [9.17, 15) is 18.0 Å². The molecule has 10 nitrogen and oxygen atoms in total. The highest BCUT2D eigenvalue weighted by Gasteiger charge is 2.27. The highest BCUT2D eigenvalue weighted by Crippen LogP contribution is 2.32. The van der Waals surface area contributed by atoms with Gasteiger partial charge in [-0.3, -0.25) is 20.4 Å². The first-order chi connectivity index (χ1) is 15.8. The van der Waals surface area contributed by atoms with E-state index in [4.69, 9.17) is 14.2 Å². The lowest BCUT2D eigenvalue weighted by molar-refractivity contribution is -0.123. The van der Waals surface area contributed by atoms with Crippen LogP contribution in [0.4, 0.5) is 0 Å². The number of sulfonamides is 1. The molecule has 0 spiro atoms. The molecule has 1 aliphatic rings. The average molecular weight is 496 g/mol. The van der Waals surface area contributed by atoms with Crippen LogP contribution in [0.2, 0.25) is 0 Å². The highest BCUT2D eigenvalue weighted by molar-refractivity contribution is 7.98. The van der Waals surface area contributed by atoms with Crippen LogP contribution in [-0.4, -0.2) is 58.6 Å². The molecule has 2 aromatic rings. The summed E-state index contributed by atoms with van der Waals surface area (Å²) in [6.07, 6.45) is 2.06. The first kappa shape index (κ1) is 24.7. The molecule has 1 unspecified atom stereocenters. The summed E-state index contributed by atoms with van der Waals surface area (Å²) < 4.78 is 44.2. The van der Waals surface area contributed by atoms with Crippen molar-refractivity contribution in [1.82, 2.24) is 15.6 Å². The number of carbonyl (C=O) groups excluding carboxylic acids is 2. The van der Waals surface area contributed by atoms with Crippen molar-refractivity contribution in [2.75, 3.05) is 32.3 Å². The number of amides is 2. The van der Waals surface area contributed by atoms with E-state index < -0.39 is 27.9 Å². The lowest BCUT2D eigenvalue weighted by Gasteiger charge is -2.21. The second-order valence-corrected chi connectivity index (χ2v) is 9.63. The molecular weight excluding hydrogens is 470 g/mol. The van der Waals surface area contributed by atoms with Crippen molar-refractivity contribution in [3.8, 4) is 17.2 Å². The van der Waals surface area contributed by atoms with Crippen LogP contribution >= 0.6 is 11.8 Å². The van der Waals surface area contributed by atoms with E-state index in [1.165, 1.54) is 49.2 Å². The van der Waals surface area contributed by atoms with Crippen molar-refractivity contribution in [2.45, 2.75) is 17.4 Å². The van der Waals surface area contributed by atoms with Gasteiger partial charge in [-0.15, -0.1) is 0 Å². The molecule has 178 valence electrons. The van der Waals surface area contributed by atoms with Crippen molar-refractivity contribution in [1.29, 1.82) is 0 Å². The van der Waals surface area contributed by atoms with Gasteiger partial charge in [0.05, 0.1) is 12.0 Å². The Morgan fingerprint density at radius 1 is 1.06 bits per heavy atom. The second-order valence-electron chi connectivity index (χ2n) is 6.93. The SMILES string of the molecule is COc1ccc(C(=O)NNC(=O)C(CCSC)NS(=O)(=O)c2ccc3c(c2)OCCO3)cc1. The number of carbonyl (C=O) groups is 2. The van der Waals surface area contributed by atoms with Gasteiger partial charge in [0.2, 0.25) is 10.0 Å². The minimum atomic E-state index is -4.05. The van der Waals surface area contributed by atoms with Gasteiger partial charge >= 0.3 is 0 Å². The third kappa shape index (κ3) is 6.53. The fourth-order valence-corrected chi connectivity index (χ4v) is 4.66. The molecule has 33 heavy (non-hydrogen) atoms. The van der Waals surface area contributed by atoms with Gasteiger partial charge in [0.15, 0.2) is 11.5 Å². The van der Waals surface area contributed by atoms with Crippen LogP contribution < -0.4 is 29.8 Å². The molecule has 12 heteroatoms. The normalized spacial score (nSPS) is 13.6. The Morgan fingerprint density at radius 3 is 2.42 bits per heavy atom. The Morgan fingerprint density at radius 2 is 1.76 bits per heavy atom. The molecule has 0 bridgehead atoms. The van der Waals surface area contributed by atoms with E-state index in [-0.39, 0.29) is 11.3 Å². The summed E-state index contributed by atoms with van der Waals surface area (Å²) in [6, 6.07) is 9.43. The quantitative estimate of drug-likeness (QED) is 0.444. The van der Waals surface area contributed by atoms with Crippen molar-refractivity contribution in [2.24, 2.45) is 0 Å². The Bertz CT molecular complexity index is 1090. The fourth-order valence-electron chi connectivity index (χ4n) is 2.95. The van der Waals surface area contributed by atoms with Crippen LogP contribution in [0.15, 0.2) is 47.4 Å². The van der Waals surface area contributed by atoms with Gasteiger partial charge in [0.1, 0.15) is 25.0 Å². The van der Waals surface area contributed by atoms with Crippen molar-refractivity contribution in [3.63, 3.8) is 0 Å². The van der Waals surface area contributed by atoms with E-state index in [2.05, 4.69) is 15.6 Å². The molecule has 0 saturated heterocycles. The zero-order valence-electron chi connectivity index (χ0n) is 18.1. The fraction of sp³-hybridized carbons (Fsp3) is 0.333. The number of ether oxygens (including phenoxy) is 3. The van der Waals surface area contributed by atoms with Gasteiger partial charge in [0.25, 0.3) is 11.8 Å². The van der Waals surface area contributed by atoms with Gasteiger partial charge in [-0.05, 0) is 54.8 Å². The van der Waals surface area contributed by atoms with Crippen molar-refractivity contribution in [3.05, 3.63) is 48.0 Å². The Hall–Kier alpha value is -2.96. The number of hydrazine groups is 1. The summed E-state index contributed by atoms with van der Waals surface area (Å²) in [5, 5.41) is 0. The zero-order valence-corrected chi connectivity index (χ0v) is 19.8. The summed E-state index contributed by atoms with van der Waals surface area (Å²) in [6.45, 7) is 0.701. The van der Waals surface area contributed by atoms with E-state index in [0.29, 0.717) is 41.8 Å². The number of benzene rings is 2. The number of methoxy groups -OCH3 is 1. The number of hydrogen-bond donors (Lipinski definition) is 3. The molecule has 1 atom stereocenters. The topological polar surface area (TPSA) is 132 Å². The number of fused-ring (bicyclic) bond motifs is 1. The van der Waals surface area contributed by atoms with Crippen LogP contribution in [0.1, 0.15) is 16.8 Å². The monoisotopic (exact) mass is 495 g/mol. The van der Waals surface area contributed by atoms with E-state index in [0.717, 1.165) is 0 Å². The summed E-state index contributed by atoms with van der Waals surface area (Å²) in [5.41, 5.74) is 4.89. The Kier molecular flexibility index (Phi) is 8.42. The predicted molar refractivity (Wildman–Crippen MR) is 123 cm³/mol. The van der Waals surface area contributed by atoms with Gasteiger partial charge in [-0.2, -0.15) is 16.5 Å². The number of thioether (sulfide) groups is 1. The van der Waals surface area contributed by atoms with Gasteiger partial charge < -0.3 is 14.2 Å². The highest BCUT2D eigenvalue weighted by atomic mass is 32.2. The van der Waals surface area contributed by atoms with Gasteiger partial charge in [-0.1, -0.05) is 0 Å². The van der Waals surface area contributed by atoms with E-state index in [1.54, 1.807) is 12.1 Å². The van der Waals surface area contributed by atoms with E-state index in [1.807, 2.05) is 6.26 Å². The largest absolute Gasteiger partial charge is 0.497 e. The van der Waals surface area contributed by atoms with E-state index >= 15 is 0 Å².